The van der Waals surface area contributed by atoms with Crippen molar-refractivity contribution in [3.8, 4) is 6.07 Å². The summed E-state index contributed by atoms with van der Waals surface area (Å²) in [5.41, 5.74) is 3.09. The van der Waals surface area contributed by atoms with E-state index in [2.05, 4.69) is 23.2 Å². The van der Waals surface area contributed by atoms with Crippen molar-refractivity contribution in [2.24, 2.45) is 5.92 Å². The van der Waals surface area contributed by atoms with Crippen LogP contribution in [-0.4, -0.2) is 17.6 Å². The van der Waals surface area contributed by atoms with Gasteiger partial charge in [-0.1, -0.05) is 13.8 Å². The number of aryl methyl sites for hydroxylation is 1. The SMILES string of the molecule is COC(=O)C(C#N)=Cc1cc(C)n(CC(C)C)c1C. The molecule has 0 aromatic carbocycles. The number of rotatable bonds is 4. The number of ether oxygens (including phenoxy) is 1. The first-order valence-electron chi connectivity index (χ1n) is 6.27. The van der Waals surface area contributed by atoms with Gasteiger partial charge in [0, 0.05) is 17.9 Å². The van der Waals surface area contributed by atoms with Crippen LogP contribution in [0.3, 0.4) is 0 Å². The summed E-state index contributed by atoms with van der Waals surface area (Å²) in [4.78, 5) is 11.4. The van der Waals surface area contributed by atoms with E-state index in [0.29, 0.717) is 5.92 Å². The highest BCUT2D eigenvalue weighted by atomic mass is 16.5. The Balaban J connectivity index is 3.20. The van der Waals surface area contributed by atoms with Gasteiger partial charge < -0.3 is 9.30 Å². The van der Waals surface area contributed by atoms with E-state index in [1.807, 2.05) is 26.0 Å². The zero-order valence-corrected chi connectivity index (χ0v) is 12.2. The van der Waals surface area contributed by atoms with Crippen LogP contribution in [0, 0.1) is 31.1 Å². The molecule has 102 valence electrons. The summed E-state index contributed by atoms with van der Waals surface area (Å²) in [5.74, 6) is -0.0613. The van der Waals surface area contributed by atoms with Gasteiger partial charge in [0.15, 0.2) is 0 Å². The van der Waals surface area contributed by atoms with Crippen molar-refractivity contribution in [3.63, 3.8) is 0 Å². The molecule has 1 heterocycles. The minimum Gasteiger partial charge on any atom is -0.465 e. The molecule has 0 aliphatic heterocycles. The average molecular weight is 260 g/mol. The van der Waals surface area contributed by atoms with Crippen LogP contribution in [0.5, 0.6) is 0 Å². The standard InChI is InChI=1S/C15H20N2O2/c1-10(2)9-17-11(3)6-13(12(17)4)7-14(8-16)15(18)19-5/h6-7,10H,9H2,1-5H3. The highest BCUT2D eigenvalue weighted by molar-refractivity contribution is 5.97. The number of nitrogens with zero attached hydrogens (tertiary/aromatic N) is 2. The topological polar surface area (TPSA) is 55.0 Å². The second-order valence-corrected chi connectivity index (χ2v) is 4.99. The lowest BCUT2D eigenvalue weighted by atomic mass is 10.1. The fraction of sp³-hybridized carbons (Fsp3) is 0.467. The molecule has 0 N–H and O–H groups in total. The minimum atomic E-state index is -0.601. The fourth-order valence-electron chi connectivity index (χ4n) is 2.02. The van der Waals surface area contributed by atoms with E-state index >= 15 is 0 Å². The number of esters is 1. The number of hydrogen-bond acceptors (Lipinski definition) is 3. The maximum atomic E-state index is 11.4. The first kappa shape index (κ1) is 15.0. The van der Waals surface area contributed by atoms with Crippen LogP contribution in [0.4, 0.5) is 0 Å². The fourth-order valence-corrected chi connectivity index (χ4v) is 2.02. The van der Waals surface area contributed by atoms with Crippen molar-refractivity contribution in [1.82, 2.24) is 4.57 Å². The molecule has 0 unspecified atom stereocenters. The largest absolute Gasteiger partial charge is 0.465 e. The van der Waals surface area contributed by atoms with Crippen LogP contribution in [0.1, 0.15) is 30.8 Å². The van der Waals surface area contributed by atoms with E-state index in [4.69, 9.17) is 5.26 Å². The molecule has 0 fully saturated rings. The monoisotopic (exact) mass is 260 g/mol. The zero-order valence-electron chi connectivity index (χ0n) is 12.2. The number of methoxy groups -OCH3 is 1. The van der Waals surface area contributed by atoms with Crippen molar-refractivity contribution < 1.29 is 9.53 Å². The van der Waals surface area contributed by atoms with Crippen molar-refractivity contribution in [2.75, 3.05) is 7.11 Å². The van der Waals surface area contributed by atoms with E-state index in [-0.39, 0.29) is 5.57 Å². The summed E-state index contributed by atoms with van der Waals surface area (Å²) in [6.07, 6.45) is 1.59. The van der Waals surface area contributed by atoms with Gasteiger partial charge in [-0.05, 0) is 37.5 Å². The van der Waals surface area contributed by atoms with Gasteiger partial charge in [-0.2, -0.15) is 5.26 Å². The Hall–Kier alpha value is -2.02. The molecule has 0 saturated heterocycles. The van der Waals surface area contributed by atoms with Gasteiger partial charge in [-0.3, -0.25) is 0 Å². The predicted octanol–water partition coefficient (Wildman–Crippen LogP) is 2.84. The van der Waals surface area contributed by atoms with Gasteiger partial charge >= 0.3 is 5.97 Å². The lowest BCUT2D eigenvalue weighted by Crippen LogP contribution is -2.07. The molecule has 0 radical (unpaired) electrons. The summed E-state index contributed by atoms with van der Waals surface area (Å²) >= 11 is 0. The molecule has 1 aromatic rings. The molecule has 0 spiro atoms. The Bertz CT molecular complexity index is 545. The van der Waals surface area contributed by atoms with Crippen molar-refractivity contribution in [1.29, 1.82) is 5.26 Å². The van der Waals surface area contributed by atoms with Gasteiger partial charge in [-0.15, -0.1) is 0 Å². The number of aromatic nitrogens is 1. The Morgan fingerprint density at radius 1 is 1.53 bits per heavy atom. The van der Waals surface area contributed by atoms with Crippen LogP contribution in [0.15, 0.2) is 11.6 Å². The smallest absolute Gasteiger partial charge is 0.348 e. The molecule has 0 amide bonds. The van der Waals surface area contributed by atoms with E-state index in [0.717, 1.165) is 23.5 Å². The van der Waals surface area contributed by atoms with Gasteiger partial charge in [0.05, 0.1) is 7.11 Å². The third kappa shape index (κ3) is 3.47. The number of carbonyl (C=O) groups is 1. The van der Waals surface area contributed by atoms with Gasteiger partial charge in [0.2, 0.25) is 0 Å². The van der Waals surface area contributed by atoms with Crippen molar-refractivity contribution >= 4 is 12.0 Å². The zero-order chi connectivity index (χ0) is 14.6. The van der Waals surface area contributed by atoms with Crippen LogP contribution in [0.2, 0.25) is 0 Å². The molecule has 19 heavy (non-hydrogen) atoms. The van der Waals surface area contributed by atoms with E-state index in [9.17, 15) is 4.79 Å². The van der Waals surface area contributed by atoms with Crippen molar-refractivity contribution in [3.05, 3.63) is 28.6 Å². The van der Waals surface area contributed by atoms with Crippen molar-refractivity contribution in [2.45, 2.75) is 34.2 Å². The molecule has 0 atom stereocenters. The molecule has 0 aliphatic carbocycles. The average Bonchev–Trinajstić information content (AvgIpc) is 2.62. The second-order valence-electron chi connectivity index (χ2n) is 4.99. The molecule has 1 rings (SSSR count). The van der Waals surface area contributed by atoms with Gasteiger partial charge in [-0.25, -0.2) is 4.79 Å². The summed E-state index contributed by atoms with van der Waals surface area (Å²) in [6, 6.07) is 3.86. The summed E-state index contributed by atoms with van der Waals surface area (Å²) in [6.45, 7) is 9.25. The Kier molecular flexibility index (Phi) is 4.94. The summed E-state index contributed by atoms with van der Waals surface area (Å²) in [5, 5.41) is 8.98. The third-order valence-corrected chi connectivity index (χ3v) is 2.99. The molecule has 0 saturated carbocycles. The van der Waals surface area contributed by atoms with E-state index < -0.39 is 5.97 Å². The van der Waals surface area contributed by atoms with E-state index in [1.165, 1.54) is 7.11 Å². The highest BCUT2D eigenvalue weighted by Gasteiger charge is 2.13. The predicted molar refractivity (Wildman–Crippen MR) is 74.4 cm³/mol. The normalized spacial score (nSPS) is 11.5. The maximum Gasteiger partial charge on any atom is 0.348 e. The molecular weight excluding hydrogens is 240 g/mol. The molecule has 0 bridgehead atoms. The molecule has 0 aliphatic rings. The second kappa shape index (κ2) is 6.24. The number of hydrogen-bond donors (Lipinski definition) is 0. The van der Waals surface area contributed by atoms with Crippen LogP contribution >= 0.6 is 0 Å². The lowest BCUT2D eigenvalue weighted by molar-refractivity contribution is -0.135. The Morgan fingerprint density at radius 3 is 2.63 bits per heavy atom. The number of carbonyl (C=O) groups excluding carboxylic acids is 1. The Morgan fingerprint density at radius 2 is 2.16 bits per heavy atom. The lowest BCUT2D eigenvalue weighted by Gasteiger charge is -2.11. The first-order chi connectivity index (χ1) is 8.90. The Labute approximate surface area is 114 Å². The van der Waals surface area contributed by atoms with Gasteiger partial charge in [0.1, 0.15) is 11.6 Å². The van der Waals surface area contributed by atoms with Crippen LogP contribution < -0.4 is 0 Å². The summed E-state index contributed by atoms with van der Waals surface area (Å²) in [7, 11) is 1.27. The molecular formula is C15H20N2O2. The van der Waals surface area contributed by atoms with E-state index in [1.54, 1.807) is 6.08 Å². The molecule has 1 aromatic heterocycles. The quantitative estimate of drug-likeness (QED) is 0.475. The molecule has 4 heteroatoms. The maximum absolute atomic E-state index is 11.4. The van der Waals surface area contributed by atoms with Gasteiger partial charge in [0.25, 0.3) is 0 Å². The highest BCUT2D eigenvalue weighted by Crippen LogP contribution is 2.19. The third-order valence-electron chi connectivity index (χ3n) is 2.99. The molecule has 4 nitrogen and oxygen atoms in total. The number of nitriles is 1. The summed E-state index contributed by atoms with van der Waals surface area (Å²) < 4.78 is 6.78. The minimum absolute atomic E-state index is 0.0206. The first-order valence-corrected chi connectivity index (χ1v) is 6.27. The van der Waals surface area contributed by atoms with Crippen LogP contribution in [-0.2, 0) is 16.1 Å². The van der Waals surface area contributed by atoms with Crippen LogP contribution in [0.25, 0.3) is 6.08 Å².